The molecule has 1 aromatic heterocycles. The van der Waals surface area contributed by atoms with Crippen LogP contribution >= 0.6 is 0 Å². The molecule has 0 radical (unpaired) electrons. The molecule has 1 amide bonds. The molecule has 0 aliphatic carbocycles. The maximum atomic E-state index is 14.1. The average Bonchev–Trinajstić information content (AvgIpc) is 3.35. The second kappa shape index (κ2) is 14.4. The maximum Gasteiger partial charge on any atom is 0.305 e. The first-order valence-electron chi connectivity index (χ1n) is 14.2. The van der Waals surface area contributed by atoms with Crippen LogP contribution in [-0.4, -0.2) is 44.0 Å². The number of carboxylic acids is 1. The van der Waals surface area contributed by atoms with Crippen molar-refractivity contribution < 1.29 is 29.3 Å². The van der Waals surface area contributed by atoms with Crippen molar-refractivity contribution in [2.24, 2.45) is 0 Å². The van der Waals surface area contributed by atoms with Crippen LogP contribution in [0, 0.1) is 17.1 Å². The van der Waals surface area contributed by atoms with E-state index in [1.807, 2.05) is 54.8 Å². The molecule has 4 rings (SSSR count). The Hall–Kier alpha value is -5.04. The van der Waals surface area contributed by atoms with Crippen LogP contribution in [0.1, 0.15) is 60.0 Å². The zero-order valence-corrected chi connectivity index (χ0v) is 24.4. The fraction of sp³-hybridized carbons (Fsp3) is 0.229. The van der Waals surface area contributed by atoms with Crippen LogP contribution in [0.3, 0.4) is 0 Å². The number of aliphatic carboxylic acids is 1. The number of nitriles is 1. The van der Waals surface area contributed by atoms with Gasteiger partial charge in [-0.05, 0) is 60.9 Å². The number of amides is 1. The Morgan fingerprint density at radius 1 is 0.977 bits per heavy atom. The Kier molecular flexibility index (Phi) is 10.5. The summed E-state index contributed by atoms with van der Waals surface area (Å²) in [6.07, 6.45) is -0.0230. The predicted octanol–water partition coefficient (Wildman–Crippen LogP) is 5.94. The van der Waals surface area contributed by atoms with E-state index in [4.69, 9.17) is 5.11 Å². The van der Waals surface area contributed by atoms with Crippen molar-refractivity contribution in [1.82, 2.24) is 9.88 Å². The number of aliphatic hydroxyl groups is 2. The van der Waals surface area contributed by atoms with Gasteiger partial charge in [0.25, 0.3) is 5.91 Å². The molecular formula is C35H34FN3O5. The number of benzene rings is 3. The van der Waals surface area contributed by atoms with E-state index < -0.39 is 30.4 Å². The van der Waals surface area contributed by atoms with Gasteiger partial charge in [0.15, 0.2) is 0 Å². The molecule has 4 aromatic rings. The van der Waals surface area contributed by atoms with Gasteiger partial charge in [-0.3, -0.25) is 9.59 Å². The second-order valence-electron chi connectivity index (χ2n) is 10.7. The zero-order valence-electron chi connectivity index (χ0n) is 24.4. The van der Waals surface area contributed by atoms with Gasteiger partial charge in [0.1, 0.15) is 11.5 Å². The number of aromatic nitrogens is 1. The molecule has 44 heavy (non-hydrogen) atoms. The third kappa shape index (κ3) is 7.67. The second-order valence-corrected chi connectivity index (χ2v) is 10.7. The highest BCUT2D eigenvalue weighted by Gasteiger charge is 2.29. The Morgan fingerprint density at radius 3 is 2.30 bits per heavy atom. The summed E-state index contributed by atoms with van der Waals surface area (Å²) in [6.45, 7) is 4.00. The fourth-order valence-electron chi connectivity index (χ4n) is 5.19. The van der Waals surface area contributed by atoms with Gasteiger partial charge >= 0.3 is 5.97 Å². The summed E-state index contributed by atoms with van der Waals surface area (Å²) in [7, 11) is 0. The molecule has 0 spiro atoms. The molecule has 0 aliphatic heterocycles. The van der Waals surface area contributed by atoms with Gasteiger partial charge in [-0.1, -0.05) is 60.7 Å². The zero-order chi connectivity index (χ0) is 31.8. The number of nitrogens with zero attached hydrogens (tertiary/aromatic N) is 2. The molecule has 4 N–H and O–H groups in total. The summed E-state index contributed by atoms with van der Waals surface area (Å²) in [5.74, 6) is -1.97. The molecule has 226 valence electrons. The van der Waals surface area contributed by atoms with Crippen molar-refractivity contribution in [3.05, 3.63) is 113 Å². The molecule has 0 saturated carbocycles. The Balaban J connectivity index is 1.90. The first-order valence-corrected chi connectivity index (χ1v) is 14.2. The number of hydrogen-bond donors (Lipinski definition) is 4. The van der Waals surface area contributed by atoms with Gasteiger partial charge in [0.2, 0.25) is 0 Å². The first kappa shape index (κ1) is 31.9. The SMILES string of the molecule is CC(C)n1c(C=C[C@@H](O)C[C@@H](O)CC(=O)O)c(-c2ccc(F)cc2)c(-c2ccccc2)c1C(=O)NCc1cccc(C#N)c1. The van der Waals surface area contributed by atoms with Gasteiger partial charge in [-0.25, -0.2) is 4.39 Å². The highest BCUT2D eigenvalue weighted by atomic mass is 19.1. The first-order chi connectivity index (χ1) is 21.1. The lowest BCUT2D eigenvalue weighted by Crippen LogP contribution is -2.27. The molecule has 9 heteroatoms. The summed E-state index contributed by atoms with van der Waals surface area (Å²) >= 11 is 0. The van der Waals surface area contributed by atoms with E-state index >= 15 is 0 Å². The van der Waals surface area contributed by atoms with E-state index in [1.165, 1.54) is 18.2 Å². The minimum atomic E-state index is -1.25. The van der Waals surface area contributed by atoms with Crippen molar-refractivity contribution in [1.29, 1.82) is 5.26 Å². The van der Waals surface area contributed by atoms with Crippen molar-refractivity contribution >= 4 is 18.0 Å². The summed E-state index contributed by atoms with van der Waals surface area (Å²) in [6, 6.07) is 24.1. The standard InChI is InChI=1S/C35H34FN3O5/c1-22(2)39-30(16-15-28(40)18-29(41)19-31(42)43)32(26-11-13-27(36)14-12-26)33(25-9-4-3-5-10-25)34(39)35(44)38-21-24-8-6-7-23(17-24)20-37/h3-17,22,28-29,40-41H,18-19,21H2,1-2H3,(H,38,44)(H,42,43)/t28-,29-/m1/s1. The van der Waals surface area contributed by atoms with Crippen LogP contribution in [0.4, 0.5) is 4.39 Å². The van der Waals surface area contributed by atoms with Gasteiger partial charge in [-0.2, -0.15) is 5.26 Å². The van der Waals surface area contributed by atoms with Crippen LogP contribution in [0.5, 0.6) is 0 Å². The van der Waals surface area contributed by atoms with Crippen LogP contribution in [0.2, 0.25) is 0 Å². The number of aliphatic hydroxyl groups excluding tert-OH is 2. The number of hydrogen-bond acceptors (Lipinski definition) is 5. The smallest absolute Gasteiger partial charge is 0.305 e. The van der Waals surface area contributed by atoms with Crippen molar-refractivity contribution in [2.45, 2.75) is 51.5 Å². The van der Waals surface area contributed by atoms with Crippen molar-refractivity contribution in [3.8, 4) is 28.3 Å². The van der Waals surface area contributed by atoms with Crippen LogP contribution in [-0.2, 0) is 11.3 Å². The predicted molar refractivity (Wildman–Crippen MR) is 166 cm³/mol. The fourth-order valence-corrected chi connectivity index (χ4v) is 5.19. The van der Waals surface area contributed by atoms with Gasteiger partial charge in [0, 0.05) is 35.8 Å². The lowest BCUT2D eigenvalue weighted by atomic mass is 9.94. The maximum absolute atomic E-state index is 14.1. The normalized spacial score (nSPS) is 12.7. The van der Waals surface area contributed by atoms with Crippen LogP contribution < -0.4 is 5.32 Å². The molecule has 0 saturated heterocycles. The molecule has 2 atom stereocenters. The third-order valence-electron chi connectivity index (χ3n) is 7.08. The Morgan fingerprint density at radius 2 is 1.66 bits per heavy atom. The van der Waals surface area contributed by atoms with Gasteiger partial charge in [-0.15, -0.1) is 0 Å². The highest BCUT2D eigenvalue weighted by Crippen LogP contribution is 2.42. The van der Waals surface area contributed by atoms with Gasteiger partial charge in [0.05, 0.1) is 30.3 Å². The lowest BCUT2D eigenvalue weighted by Gasteiger charge is -2.17. The van der Waals surface area contributed by atoms with Gasteiger partial charge < -0.3 is 25.2 Å². The molecule has 0 aliphatic rings. The van der Waals surface area contributed by atoms with E-state index in [1.54, 1.807) is 36.4 Å². The largest absolute Gasteiger partial charge is 0.481 e. The molecule has 3 aromatic carbocycles. The van der Waals surface area contributed by atoms with E-state index in [0.717, 1.165) is 11.1 Å². The Bertz CT molecular complexity index is 1690. The number of carbonyl (C=O) groups is 2. The summed E-state index contributed by atoms with van der Waals surface area (Å²) < 4.78 is 15.9. The van der Waals surface area contributed by atoms with E-state index in [2.05, 4.69) is 11.4 Å². The van der Waals surface area contributed by atoms with Crippen molar-refractivity contribution in [3.63, 3.8) is 0 Å². The van der Waals surface area contributed by atoms with Crippen molar-refractivity contribution in [2.75, 3.05) is 0 Å². The average molecular weight is 596 g/mol. The topological polar surface area (TPSA) is 136 Å². The molecule has 0 fully saturated rings. The number of rotatable bonds is 12. The molecule has 8 nitrogen and oxygen atoms in total. The number of nitrogens with one attached hydrogen (secondary N) is 1. The number of halogens is 1. The van der Waals surface area contributed by atoms with E-state index in [9.17, 15) is 29.5 Å². The Labute approximate surface area is 255 Å². The summed E-state index contributed by atoms with van der Waals surface area (Å²) in [5.41, 5.74) is 4.77. The minimum Gasteiger partial charge on any atom is -0.481 e. The summed E-state index contributed by atoms with van der Waals surface area (Å²) in [5, 5.41) is 42.0. The van der Waals surface area contributed by atoms with Crippen LogP contribution in [0.25, 0.3) is 28.3 Å². The number of carbonyl (C=O) groups excluding carboxylic acids is 1. The summed E-state index contributed by atoms with van der Waals surface area (Å²) in [4.78, 5) is 25.1. The highest BCUT2D eigenvalue weighted by molar-refractivity contribution is 6.06. The lowest BCUT2D eigenvalue weighted by molar-refractivity contribution is -0.139. The minimum absolute atomic E-state index is 0.170. The number of carboxylic acid groups (broad SMARTS) is 1. The van der Waals surface area contributed by atoms with E-state index in [-0.39, 0.29) is 24.9 Å². The molecule has 1 heterocycles. The quantitative estimate of drug-likeness (QED) is 0.160. The van der Waals surface area contributed by atoms with E-state index in [0.29, 0.717) is 33.6 Å². The third-order valence-corrected chi connectivity index (χ3v) is 7.08. The molecule has 0 unspecified atom stereocenters. The molecular weight excluding hydrogens is 561 g/mol. The monoisotopic (exact) mass is 595 g/mol. The molecule has 0 bridgehead atoms. The van der Waals surface area contributed by atoms with Crippen LogP contribution in [0.15, 0.2) is 84.9 Å².